The van der Waals surface area contributed by atoms with E-state index < -0.39 is 11.6 Å². The number of hydrogen-bond acceptors (Lipinski definition) is 4. The quantitative estimate of drug-likeness (QED) is 0.691. The molecule has 4 nitrogen and oxygen atoms in total. The topological polar surface area (TPSA) is 75.3 Å². The first kappa shape index (κ1) is 16.0. The Bertz CT molecular complexity index is 396. The lowest BCUT2D eigenvalue weighted by atomic mass is 10.1. The van der Waals surface area contributed by atoms with Gasteiger partial charge < -0.3 is 16.2 Å². The van der Waals surface area contributed by atoms with Crippen LogP contribution in [0.2, 0.25) is 0 Å². The molecule has 2 atom stereocenters. The Hall–Kier alpha value is -1.04. The molecule has 0 aliphatic rings. The Morgan fingerprint density at radius 3 is 2.68 bits per heavy atom. The summed E-state index contributed by atoms with van der Waals surface area (Å²) in [5, 5.41) is 12.7. The van der Waals surface area contributed by atoms with Gasteiger partial charge in [-0.25, -0.2) is 0 Å². The van der Waals surface area contributed by atoms with E-state index in [1.807, 2.05) is 36.6 Å². The van der Waals surface area contributed by atoms with E-state index in [-0.39, 0.29) is 12.5 Å². The molecule has 0 bridgehead atoms. The van der Waals surface area contributed by atoms with Crippen molar-refractivity contribution in [2.75, 3.05) is 18.6 Å². The fourth-order valence-electron chi connectivity index (χ4n) is 1.73. The molecule has 0 heterocycles. The van der Waals surface area contributed by atoms with Crippen LogP contribution in [0.3, 0.4) is 0 Å². The van der Waals surface area contributed by atoms with Crippen LogP contribution < -0.4 is 11.1 Å². The first-order valence-corrected chi connectivity index (χ1v) is 7.62. The third-order valence-electron chi connectivity index (χ3n) is 2.73. The molecule has 1 rings (SSSR count). The lowest BCUT2D eigenvalue weighted by Crippen LogP contribution is -2.48. The van der Waals surface area contributed by atoms with Crippen molar-refractivity contribution in [3.8, 4) is 0 Å². The maximum atomic E-state index is 11.8. The summed E-state index contributed by atoms with van der Waals surface area (Å²) in [4.78, 5) is 11.8. The molecule has 0 spiro atoms. The summed E-state index contributed by atoms with van der Waals surface area (Å²) < 4.78 is 0. The summed E-state index contributed by atoms with van der Waals surface area (Å²) >= 11 is 1.54. The van der Waals surface area contributed by atoms with Crippen molar-refractivity contribution in [1.82, 2.24) is 5.32 Å². The molecular formula is C14H22N2O2S. The summed E-state index contributed by atoms with van der Waals surface area (Å²) in [5.74, 6) is 0.339. The molecular weight excluding hydrogens is 260 g/mol. The molecule has 0 saturated heterocycles. The number of amides is 1. The van der Waals surface area contributed by atoms with E-state index in [2.05, 4.69) is 5.32 Å². The van der Waals surface area contributed by atoms with Crippen molar-refractivity contribution in [3.05, 3.63) is 35.9 Å². The minimum Gasteiger partial charge on any atom is -0.387 e. The van der Waals surface area contributed by atoms with Crippen molar-refractivity contribution in [2.24, 2.45) is 5.73 Å². The highest BCUT2D eigenvalue weighted by molar-refractivity contribution is 7.98. The van der Waals surface area contributed by atoms with Gasteiger partial charge in [0.25, 0.3) is 0 Å². The van der Waals surface area contributed by atoms with Gasteiger partial charge in [-0.1, -0.05) is 30.3 Å². The highest BCUT2D eigenvalue weighted by atomic mass is 32.2. The van der Waals surface area contributed by atoms with Crippen LogP contribution in [0.15, 0.2) is 30.3 Å². The molecule has 4 N–H and O–H groups in total. The zero-order chi connectivity index (χ0) is 14.3. The Morgan fingerprint density at radius 1 is 1.47 bits per heavy atom. The molecule has 0 fully saturated rings. The van der Waals surface area contributed by atoms with Crippen LogP contribution in [0.4, 0.5) is 0 Å². The van der Waals surface area contributed by atoms with E-state index in [4.69, 9.17) is 5.73 Å². The van der Waals surface area contributed by atoms with E-state index in [9.17, 15) is 9.90 Å². The summed E-state index contributed by atoms with van der Waals surface area (Å²) in [6.45, 7) is 1.92. The van der Waals surface area contributed by atoms with Crippen molar-refractivity contribution < 1.29 is 9.90 Å². The fourth-order valence-corrected chi connectivity index (χ4v) is 2.46. The number of aliphatic hydroxyl groups is 1. The number of nitrogens with two attached hydrogens (primary N) is 1. The zero-order valence-electron chi connectivity index (χ0n) is 11.4. The molecule has 0 aliphatic heterocycles. The second kappa shape index (κ2) is 7.53. The zero-order valence-corrected chi connectivity index (χ0v) is 12.2. The Kier molecular flexibility index (Phi) is 6.34. The normalized spacial score (nSPS) is 15.6. The van der Waals surface area contributed by atoms with Gasteiger partial charge in [0.15, 0.2) is 0 Å². The highest BCUT2D eigenvalue weighted by Crippen LogP contribution is 2.09. The SMILES string of the molecule is CSCC(C)(O)CNC(=O)C(N)Cc1ccccc1. The molecule has 19 heavy (non-hydrogen) atoms. The van der Waals surface area contributed by atoms with Crippen LogP contribution in [0.1, 0.15) is 12.5 Å². The van der Waals surface area contributed by atoms with Crippen LogP contribution in [0, 0.1) is 0 Å². The van der Waals surface area contributed by atoms with Gasteiger partial charge in [0.1, 0.15) is 0 Å². The van der Waals surface area contributed by atoms with E-state index >= 15 is 0 Å². The van der Waals surface area contributed by atoms with Crippen LogP contribution in [0.5, 0.6) is 0 Å². The third kappa shape index (κ3) is 6.09. The number of rotatable bonds is 7. The van der Waals surface area contributed by atoms with Gasteiger partial charge in [-0.05, 0) is 25.2 Å². The molecule has 0 aliphatic carbocycles. The lowest BCUT2D eigenvalue weighted by Gasteiger charge is -2.23. The van der Waals surface area contributed by atoms with Crippen molar-refractivity contribution in [1.29, 1.82) is 0 Å². The van der Waals surface area contributed by atoms with Gasteiger partial charge in [-0.15, -0.1) is 0 Å². The highest BCUT2D eigenvalue weighted by Gasteiger charge is 2.22. The lowest BCUT2D eigenvalue weighted by molar-refractivity contribution is -0.123. The molecule has 5 heteroatoms. The fraction of sp³-hybridized carbons (Fsp3) is 0.500. The number of hydrogen-bond donors (Lipinski definition) is 3. The molecule has 2 unspecified atom stereocenters. The number of carbonyl (C=O) groups is 1. The number of benzene rings is 1. The maximum absolute atomic E-state index is 11.8. The van der Waals surface area contributed by atoms with Crippen molar-refractivity contribution >= 4 is 17.7 Å². The summed E-state index contributed by atoms with van der Waals surface area (Å²) in [6, 6.07) is 9.06. The Morgan fingerprint density at radius 2 is 2.11 bits per heavy atom. The summed E-state index contributed by atoms with van der Waals surface area (Å²) in [5.41, 5.74) is 5.98. The number of thioether (sulfide) groups is 1. The maximum Gasteiger partial charge on any atom is 0.237 e. The van der Waals surface area contributed by atoms with E-state index in [0.29, 0.717) is 12.2 Å². The minimum atomic E-state index is -0.901. The predicted molar refractivity (Wildman–Crippen MR) is 80.1 cm³/mol. The second-order valence-corrected chi connectivity index (χ2v) is 5.81. The average molecular weight is 282 g/mol. The Balaban J connectivity index is 2.41. The van der Waals surface area contributed by atoms with Gasteiger partial charge in [0, 0.05) is 12.3 Å². The van der Waals surface area contributed by atoms with Crippen LogP contribution >= 0.6 is 11.8 Å². The molecule has 0 radical (unpaired) electrons. The molecule has 1 aromatic carbocycles. The molecule has 0 saturated carbocycles. The summed E-state index contributed by atoms with van der Waals surface area (Å²) in [7, 11) is 0. The van der Waals surface area contributed by atoms with Crippen LogP contribution in [-0.4, -0.2) is 41.2 Å². The molecule has 106 valence electrons. The number of carbonyl (C=O) groups excluding carboxylic acids is 1. The molecule has 1 amide bonds. The predicted octanol–water partition coefficient (Wildman–Crippen LogP) is 0.787. The van der Waals surface area contributed by atoms with Crippen molar-refractivity contribution in [2.45, 2.75) is 25.0 Å². The van der Waals surface area contributed by atoms with Crippen molar-refractivity contribution in [3.63, 3.8) is 0 Å². The molecule has 1 aromatic rings. The van der Waals surface area contributed by atoms with Gasteiger partial charge in [0.05, 0.1) is 11.6 Å². The Labute approximate surface area is 118 Å². The second-order valence-electron chi connectivity index (χ2n) is 4.94. The van der Waals surface area contributed by atoms with Gasteiger partial charge >= 0.3 is 0 Å². The first-order valence-electron chi connectivity index (χ1n) is 6.23. The van der Waals surface area contributed by atoms with E-state index in [1.54, 1.807) is 6.92 Å². The van der Waals surface area contributed by atoms with Crippen LogP contribution in [-0.2, 0) is 11.2 Å². The van der Waals surface area contributed by atoms with Gasteiger partial charge in [-0.2, -0.15) is 11.8 Å². The van der Waals surface area contributed by atoms with E-state index in [1.165, 1.54) is 11.8 Å². The largest absolute Gasteiger partial charge is 0.387 e. The monoisotopic (exact) mass is 282 g/mol. The first-order chi connectivity index (χ1) is 8.94. The van der Waals surface area contributed by atoms with Gasteiger partial charge in [-0.3, -0.25) is 4.79 Å². The summed E-state index contributed by atoms with van der Waals surface area (Å²) in [6.07, 6.45) is 2.41. The smallest absolute Gasteiger partial charge is 0.237 e. The van der Waals surface area contributed by atoms with Crippen LogP contribution in [0.25, 0.3) is 0 Å². The third-order valence-corrected chi connectivity index (χ3v) is 3.64. The average Bonchev–Trinajstić information content (AvgIpc) is 2.37. The molecule has 0 aromatic heterocycles. The van der Waals surface area contributed by atoms with E-state index in [0.717, 1.165) is 5.56 Å². The standard InChI is InChI=1S/C14H22N2O2S/c1-14(18,10-19-2)9-16-13(17)12(15)8-11-6-4-3-5-7-11/h3-7,12,18H,8-10,15H2,1-2H3,(H,16,17). The minimum absolute atomic E-state index is 0.217. The van der Waals surface area contributed by atoms with Gasteiger partial charge in [0.2, 0.25) is 5.91 Å². The number of nitrogens with one attached hydrogen (secondary N) is 1.